The molecule has 0 bridgehead atoms. The predicted octanol–water partition coefficient (Wildman–Crippen LogP) is 4.15. The number of imidazole rings is 1. The average molecular weight is 458 g/mol. The monoisotopic (exact) mass is 457 g/mol. The van der Waals surface area contributed by atoms with Gasteiger partial charge in [0.25, 0.3) is 0 Å². The van der Waals surface area contributed by atoms with E-state index in [9.17, 15) is 0 Å². The standard InChI is InChI=1S/C24H24FN9/c1-33(2)15-10-14(11-26-12-15)16-13-28-22-18(19(16)25)21(31-32-22)23-29-17-6-7-27-24(20(17)30-23)34-8-4-3-5-9-34/h6-7,10-13H,3-5,8-9H2,1-2H3,(H,29,30)(H,28,31,32). The minimum absolute atomic E-state index is 0.291. The fraction of sp³-hybridized carbons (Fsp3) is 0.292. The second-order valence-electron chi connectivity index (χ2n) is 8.77. The van der Waals surface area contributed by atoms with Crippen LogP contribution in [0.1, 0.15) is 19.3 Å². The Morgan fingerprint density at radius 1 is 1.06 bits per heavy atom. The first-order valence-electron chi connectivity index (χ1n) is 11.4. The highest BCUT2D eigenvalue weighted by Gasteiger charge is 2.23. The van der Waals surface area contributed by atoms with Gasteiger partial charge in [0.15, 0.2) is 17.3 Å². The summed E-state index contributed by atoms with van der Waals surface area (Å²) in [5.74, 6) is 0.914. The van der Waals surface area contributed by atoms with Crippen molar-refractivity contribution in [1.82, 2.24) is 35.1 Å². The summed E-state index contributed by atoms with van der Waals surface area (Å²) in [7, 11) is 3.84. The molecule has 0 amide bonds. The molecule has 34 heavy (non-hydrogen) atoms. The van der Waals surface area contributed by atoms with E-state index < -0.39 is 5.82 Å². The van der Waals surface area contributed by atoms with Crippen LogP contribution in [0.2, 0.25) is 0 Å². The Morgan fingerprint density at radius 2 is 1.91 bits per heavy atom. The van der Waals surface area contributed by atoms with Crippen LogP contribution in [-0.2, 0) is 0 Å². The van der Waals surface area contributed by atoms with Crippen LogP contribution in [0.5, 0.6) is 0 Å². The second-order valence-corrected chi connectivity index (χ2v) is 8.77. The minimum atomic E-state index is -0.415. The number of nitrogens with zero attached hydrogens (tertiary/aromatic N) is 7. The van der Waals surface area contributed by atoms with E-state index in [-0.39, 0.29) is 0 Å². The molecule has 2 N–H and O–H groups in total. The van der Waals surface area contributed by atoms with Gasteiger partial charge in [-0.1, -0.05) is 0 Å². The first-order valence-corrected chi connectivity index (χ1v) is 11.4. The Hall–Kier alpha value is -4.08. The van der Waals surface area contributed by atoms with E-state index in [1.54, 1.807) is 18.6 Å². The summed E-state index contributed by atoms with van der Waals surface area (Å²) in [5, 5.41) is 7.50. The van der Waals surface area contributed by atoms with Crippen molar-refractivity contribution in [2.75, 3.05) is 37.0 Å². The van der Waals surface area contributed by atoms with Crippen molar-refractivity contribution >= 4 is 33.6 Å². The highest BCUT2D eigenvalue weighted by molar-refractivity contribution is 5.96. The maximum Gasteiger partial charge on any atom is 0.160 e. The quantitative estimate of drug-likeness (QED) is 0.418. The first kappa shape index (κ1) is 20.5. The Bertz CT molecular complexity index is 1500. The number of piperidine rings is 1. The molecular formula is C24H24FN9. The Labute approximate surface area is 195 Å². The number of nitrogens with one attached hydrogen (secondary N) is 2. The van der Waals surface area contributed by atoms with Gasteiger partial charge in [-0.05, 0) is 31.4 Å². The van der Waals surface area contributed by atoms with Crippen molar-refractivity contribution < 1.29 is 4.39 Å². The molecule has 172 valence electrons. The van der Waals surface area contributed by atoms with E-state index in [0.717, 1.165) is 48.5 Å². The van der Waals surface area contributed by atoms with Crippen LogP contribution < -0.4 is 9.80 Å². The van der Waals surface area contributed by atoms with Gasteiger partial charge >= 0.3 is 0 Å². The molecule has 5 aromatic heterocycles. The highest BCUT2D eigenvalue weighted by atomic mass is 19.1. The first-order chi connectivity index (χ1) is 16.6. The smallest absolute Gasteiger partial charge is 0.160 e. The zero-order chi connectivity index (χ0) is 23.2. The van der Waals surface area contributed by atoms with Gasteiger partial charge in [-0.2, -0.15) is 5.10 Å². The molecule has 10 heteroatoms. The zero-order valence-electron chi connectivity index (χ0n) is 19.0. The van der Waals surface area contributed by atoms with Crippen molar-refractivity contribution in [3.05, 3.63) is 42.7 Å². The summed E-state index contributed by atoms with van der Waals surface area (Å²) in [6.45, 7) is 1.92. The van der Waals surface area contributed by atoms with Crippen LogP contribution in [0.4, 0.5) is 15.9 Å². The van der Waals surface area contributed by atoms with Gasteiger partial charge in [-0.25, -0.2) is 19.3 Å². The molecular weight excluding hydrogens is 433 g/mol. The maximum absolute atomic E-state index is 15.9. The minimum Gasteiger partial charge on any atom is -0.376 e. The lowest BCUT2D eigenvalue weighted by Gasteiger charge is -2.27. The Morgan fingerprint density at radius 3 is 2.74 bits per heavy atom. The molecule has 0 spiro atoms. The molecule has 5 aromatic rings. The molecule has 0 radical (unpaired) electrons. The molecule has 0 saturated carbocycles. The van der Waals surface area contributed by atoms with Crippen molar-refractivity contribution in [3.63, 3.8) is 0 Å². The second kappa shape index (κ2) is 8.05. The topological polar surface area (TPSA) is 103 Å². The molecule has 1 fully saturated rings. The molecule has 1 aliphatic heterocycles. The summed E-state index contributed by atoms with van der Waals surface area (Å²) < 4.78 is 15.9. The summed E-state index contributed by atoms with van der Waals surface area (Å²) in [6.07, 6.45) is 10.2. The molecule has 6 rings (SSSR count). The molecule has 0 atom stereocenters. The highest BCUT2D eigenvalue weighted by Crippen LogP contribution is 2.34. The lowest BCUT2D eigenvalue weighted by Crippen LogP contribution is -2.30. The molecule has 1 aliphatic rings. The number of aromatic nitrogens is 7. The van der Waals surface area contributed by atoms with Gasteiger partial charge in [0, 0.05) is 56.9 Å². The van der Waals surface area contributed by atoms with Gasteiger partial charge in [-0.15, -0.1) is 0 Å². The van der Waals surface area contributed by atoms with Gasteiger partial charge in [-0.3, -0.25) is 10.1 Å². The fourth-order valence-corrected chi connectivity index (χ4v) is 4.52. The third-order valence-corrected chi connectivity index (χ3v) is 6.34. The largest absolute Gasteiger partial charge is 0.376 e. The third kappa shape index (κ3) is 3.33. The lowest BCUT2D eigenvalue weighted by atomic mass is 10.1. The normalized spacial score (nSPS) is 14.3. The number of aromatic amines is 2. The van der Waals surface area contributed by atoms with Crippen LogP contribution >= 0.6 is 0 Å². The lowest BCUT2D eigenvalue weighted by molar-refractivity contribution is 0.574. The van der Waals surface area contributed by atoms with E-state index in [1.165, 1.54) is 12.6 Å². The fourth-order valence-electron chi connectivity index (χ4n) is 4.52. The molecule has 6 heterocycles. The molecule has 1 saturated heterocycles. The van der Waals surface area contributed by atoms with Crippen LogP contribution in [0.3, 0.4) is 0 Å². The molecule has 0 aromatic carbocycles. The van der Waals surface area contributed by atoms with Gasteiger partial charge in [0.05, 0.1) is 22.8 Å². The van der Waals surface area contributed by atoms with E-state index in [1.807, 2.05) is 31.1 Å². The number of hydrogen-bond acceptors (Lipinski definition) is 7. The van der Waals surface area contributed by atoms with E-state index in [2.05, 4.69) is 35.0 Å². The van der Waals surface area contributed by atoms with E-state index in [4.69, 9.17) is 4.98 Å². The summed E-state index contributed by atoms with van der Waals surface area (Å²) in [4.78, 5) is 25.6. The zero-order valence-corrected chi connectivity index (χ0v) is 19.0. The van der Waals surface area contributed by atoms with Gasteiger partial charge in [0.2, 0.25) is 0 Å². The van der Waals surface area contributed by atoms with Crippen molar-refractivity contribution in [1.29, 1.82) is 0 Å². The van der Waals surface area contributed by atoms with Crippen LogP contribution in [0.15, 0.2) is 36.9 Å². The third-order valence-electron chi connectivity index (χ3n) is 6.34. The number of hydrogen-bond donors (Lipinski definition) is 2. The number of H-pyrrole nitrogens is 2. The number of halogens is 1. The van der Waals surface area contributed by atoms with E-state index >= 15 is 4.39 Å². The maximum atomic E-state index is 15.9. The number of fused-ring (bicyclic) bond motifs is 2. The number of rotatable bonds is 4. The van der Waals surface area contributed by atoms with Crippen LogP contribution in [0, 0.1) is 5.82 Å². The number of pyridine rings is 3. The van der Waals surface area contributed by atoms with Crippen LogP contribution in [0.25, 0.3) is 44.7 Å². The van der Waals surface area contributed by atoms with Crippen molar-refractivity contribution in [2.24, 2.45) is 0 Å². The summed E-state index contributed by atoms with van der Waals surface area (Å²) in [6, 6.07) is 3.77. The van der Waals surface area contributed by atoms with Gasteiger partial charge in [0.1, 0.15) is 17.0 Å². The average Bonchev–Trinajstić information content (AvgIpc) is 3.49. The summed E-state index contributed by atoms with van der Waals surface area (Å²) >= 11 is 0. The molecule has 0 aliphatic carbocycles. The van der Waals surface area contributed by atoms with Crippen molar-refractivity contribution in [2.45, 2.75) is 19.3 Å². The van der Waals surface area contributed by atoms with Gasteiger partial charge < -0.3 is 14.8 Å². The Kier molecular flexibility index (Phi) is 4.86. The van der Waals surface area contributed by atoms with E-state index in [0.29, 0.717) is 33.7 Å². The SMILES string of the molecule is CN(C)c1cncc(-c2cnc3[nH]nc(-c4nc5c(N6CCCCC6)nccc5[nH]4)c3c2F)c1. The number of anilines is 2. The van der Waals surface area contributed by atoms with Crippen LogP contribution in [-0.4, -0.2) is 62.3 Å². The predicted molar refractivity (Wildman–Crippen MR) is 130 cm³/mol. The van der Waals surface area contributed by atoms with Crippen molar-refractivity contribution in [3.8, 4) is 22.6 Å². The summed E-state index contributed by atoms with van der Waals surface area (Å²) in [5.41, 5.74) is 4.24. The molecule has 0 unspecified atom stereocenters. The molecule has 9 nitrogen and oxygen atoms in total. The Balaban J connectivity index is 1.48.